The highest BCUT2D eigenvalue weighted by molar-refractivity contribution is 5.97. The van der Waals surface area contributed by atoms with Crippen LogP contribution >= 0.6 is 0 Å². The zero-order valence-corrected chi connectivity index (χ0v) is 18.0. The normalized spacial score (nSPS) is 24.7. The van der Waals surface area contributed by atoms with Gasteiger partial charge in [0.05, 0.1) is 12.8 Å². The lowest BCUT2D eigenvalue weighted by Crippen LogP contribution is -2.47. The summed E-state index contributed by atoms with van der Waals surface area (Å²) in [6.07, 6.45) is -5.95. The highest BCUT2D eigenvalue weighted by Crippen LogP contribution is 2.55. The molecule has 34 heavy (non-hydrogen) atoms. The lowest BCUT2D eigenvalue weighted by molar-refractivity contribution is -0.272. The van der Waals surface area contributed by atoms with Gasteiger partial charge in [0.25, 0.3) is 11.8 Å². The molecule has 3 N–H and O–H groups in total. The van der Waals surface area contributed by atoms with Crippen LogP contribution < -0.4 is 15.8 Å². The van der Waals surface area contributed by atoms with Gasteiger partial charge in [0.2, 0.25) is 5.82 Å². The van der Waals surface area contributed by atoms with Crippen LogP contribution in [0.1, 0.15) is 35.8 Å². The Morgan fingerprint density at radius 1 is 1.18 bits per heavy atom. The maximum absolute atomic E-state index is 14.5. The van der Waals surface area contributed by atoms with Gasteiger partial charge >= 0.3 is 6.18 Å². The molecule has 2 heterocycles. The molecule has 0 saturated carbocycles. The molecule has 3 rings (SSSR count). The molecule has 13 heteroatoms. The summed E-state index contributed by atoms with van der Waals surface area (Å²) < 4.78 is 94.5. The molecule has 1 aromatic heterocycles. The molecule has 0 radical (unpaired) electrons. The van der Waals surface area contributed by atoms with Crippen LogP contribution in [0.2, 0.25) is 0 Å². The van der Waals surface area contributed by atoms with Crippen LogP contribution in [0.15, 0.2) is 24.4 Å². The van der Waals surface area contributed by atoms with Gasteiger partial charge in [0.1, 0.15) is 6.10 Å². The summed E-state index contributed by atoms with van der Waals surface area (Å²) in [4.78, 5) is 27.8. The number of methoxy groups -OCH3 is 1. The number of rotatable bonds is 5. The average Bonchev–Trinajstić information content (AvgIpc) is 3.03. The number of carbonyl (C=O) groups is 2. The van der Waals surface area contributed by atoms with E-state index in [2.05, 4.69) is 10.3 Å². The number of aromatic nitrogens is 1. The molecule has 4 atom stereocenters. The Bertz CT molecular complexity index is 1140. The number of carbonyl (C=O) groups excluding carboxylic acids is 2. The van der Waals surface area contributed by atoms with Crippen molar-refractivity contribution in [3.05, 3.63) is 53.1 Å². The van der Waals surface area contributed by atoms with Crippen LogP contribution in [-0.4, -0.2) is 41.8 Å². The Balaban J connectivity index is 2.11. The SMILES string of the molecule is COc1c([C@H]2[C@@H](C(=O)Nc3ccnc(C(N)=O)c3F)O[C@@](C)(C(F)(F)F)[C@H]2C)ccc(F)c1F. The first-order valence-corrected chi connectivity index (χ1v) is 9.76. The predicted molar refractivity (Wildman–Crippen MR) is 105 cm³/mol. The van der Waals surface area contributed by atoms with Crippen molar-refractivity contribution in [2.75, 3.05) is 12.4 Å². The third-order valence-corrected chi connectivity index (χ3v) is 5.95. The van der Waals surface area contributed by atoms with E-state index in [0.717, 1.165) is 32.4 Å². The Kier molecular flexibility index (Phi) is 6.53. The second-order valence-electron chi connectivity index (χ2n) is 7.82. The van der Waals surface area contributed by atoms with E-state index >= 15 is 0 Å². The molecule has 2 amide bonds. The Labute approximate surface area is 189 Å². The van der Waals surface area contributed by atoms with Crippen molar-refractivity contribution in [2.24, 2.45) is 11.7 Å². The smallest absolute Gasteiger partial charge is 0.417 e. The molecule has 1 saturated heterocycles. The summed E-state index contributed by atoms with van der Waals surface area (Å²) in [5.74, 6) is -10.2. The first kappa shape index (κ1) is 25.3. The van der Waals surface area contributed by atoms with Crippen molar-refractivity contribution >= 4 is 17.5 Å². The molecule has 7 nitrogen and oxygen atoms in total. The number of nitrogens with one attached hydrogen (secondary N) is 1. The van der Waals surface area contributed by atoms with Gasteiger partial charge in [0.15, 0.2) is 28.7 Å². The summed E-state index contributed by atoms with van der Waals surface area (Å²) in [7, 11) is 0.984. The van der Waals surface area contributed by atoms with E-state index in [1.807, 2.05) is 0 Å². The van der Waals surface area contributed by atoms with Gasteiger partial charge in [-0.3, -0.25) is 9.59 Å². The van der Waals surface area contributed by atoms with E-state index < -0.39 is 76.1 Å². The molecular formula is C21H19F6N3O4. The van der Waals surface area contributed by atoms with Crippen molar-refractivity contribution in [3.8, 4) is 5.75 Å². The van der Waals surface area contributed by atoms with Gasteiger partial charge in [0, 0.05) is 23.6 Å². The summed E-state index contributed by atoms with van der Waals surface area (Å²) in [6.45, 7) is 1.84. The number of amides is 2. The van der Waals surface area contributed by atoms with E-state index in [1.54, 1.807) is 0 Å². The van der Waals surface area contributed by atoms with E-state index in [0.29, 0.717) is 13.0 Å². The molecule has 0 spiro atoms. The fraction of sp³-hybridized carbons (Fsp3) is 0.381. The van der Waals surface area contributed by atoms with Crippen LogP contribution in [0.25, 0.3) is 0 Å². The molecule has 0 aliphatic carbocycles. The number of primary amides is 1. The molecule has 2 aromatic rings. The number of anilines is 1. The van der Waals surface area contributed by atoms with E-state index in [9.17, 15) is 35.9 Å². The minimum Gasteiger partial charge on any atom is -0.493 e. The first-order valence-electron chi connectivity index (χ1n) is 9.76. The molecule has 184 valence electrons. The molecule has 1 aromatic carbocycles. The number of ether oxygens (including phenoxy) is 2. The summed E-state index contributed by atoms with van der Waals surface area (Å²) >= 11 is 0. The molecule has 0 bridgehead atoms. The summed E-state index contributed by atoms with van der Waals surface area (Å²) in [6, 6.07) is 2.62. The minimum atomic E-state index is -4.97. The maximum atomic E-state index is 14.5. The quantitative estimate of drug-likeness (QED) is 0.622. The summed E-state index contributed by atoms with van der Waals surface area (Å²) in [5.41, 5.74) is 0.468. The fourth-order valence-corrected chi connectivity index (χ4v) is 3.96. The molecule has 1 fully saturated rings. The second-order valence-corrected chi connectivity index (χ2v) is 7.82. The number of halogens is 6. The molecule has 1 aliphatic heterocycles. The second kappa shape index (κ2) is 8.78. The van der Waals surface area contributed by atoms with Crippen molar-refractivity contribution < 1.29 is 45.4 Å². The maximum Gasteiger partial charge on any atom is 0.417 e. The fourth-order valence-electron chi connectivity index (χ4n) is 3.96. The Hall–Kier alpha value is -3.35. The van der Waals surface area contributed by atoms with Gasteiger partial charge in [-0.25, -0.2) is 13.8 Å². The van der Waals surface area contributed by atoms with Gasteiger partial charge < -0.3 is 20.5 Å². The van der Waals surface area contributed by atoms with E-state index in [1.165, 1.54) is 0 Å². The molecular weight excluding hydrogens is 472 g/mol. The average molecular weight is 491 g/mol. The van der Waals surface area contributed by atoms with Crippen LogP contribution in [0, 0.1) is 23.4 Å². The number of alkyl halides is 3. The number of hydrogen-bond donors (Lipinski definition) is 2. The zero-order valence-electron chi connectivity index (χ0n) is 18.0. The van der Waals surface area contributed by atoms with Crippen LogP contribution in [-0.2, 0) is 9.53 Å². The van der Waals surface area contributed by atoms with Crippen molar-refractivity contribution in [3.63, 3.8) is 0 Å². The van der Waals surface area contributed by atoms with Crippen molar-refractivity contribution in [1.29, 1.82) is 0 Å². The number of hydrogen-bond acceptors (Lipinski definition) is 5. The van der Waals surface area contributed by atoms with Gasteiger partial charge in [-0.1, -0.05) is 13.0 Å². The highest BCUT2D eigenvalue weighted by Gasteiger charge is 2.66. The summed E-state index contributed by atoms with van der Waals surface area (Å²) in [5, 5.41) is 2.06. The number of pyridine rings is 1. The van der Waals surface area contributed by atoms with Crippen LogP contribution in [0.3, 0.4) is 0 Å². The van der Waals surface area contributed by atoms with Crippen LogP contribution in [0.5, 0.6) is 5.75 Å². The van der Waals surface area contributed by atoms with Gasteiger partial charge in [-0.05, 0) is 19.1 Å². The monoisotopic (exact) mass is 491 g/mol. The molecule has 1 aliphatic rings. The number of nitrogens with two attached hydrogens (primary N) is 1. The van der Waals surface area contributed by atoms with Crippen molar-refractivity contribution in [2.45, 2.75) is 37.6 Å². The predicted octanol–water partition coefficient (Wildman–Crippen LogP) is 3.68. The van der Waals surface area contributed by atoms with Gasteiger partial charge in [-0.2, -0.15) is 17.6 Å². The largest absolute Gasteiger partial charge is 0.493 e. The lowest BCUT2D eigenvalue weighted by atomic mass is 9.77. The molecule has 0 unspecified atom stereocenters. The Morgan fingerprint density at radius 3 is 2.38 bits per heavy atom. The van der Waals surface area contributed by atoms with E-state index in [4.69, 9.17) is 15.2 Å². The third kappa shape index (κ3) is 4.04. The highest BCUT2D eigenvalue weighted by atomic mass is 19.4. The first-order chi connectivity index (χ1) is 15.7. The van der Waals surface area contributed by atoms with Gasteiger partial charge in [-0.15, -0.1) is 0 Å². The lowest BCUT2D eigenvalue weighted by Gasteiger charge is -2.32. The standard InChI is InChI=1S/C21H19F6N3O4/c1-8-12(9-4-5-10(22)13(23)16(9)33-3)17(34-20(8,2)21(25,26)27)19(32)30-11-6-7-29-15(14(11)24)18(28)31/h4-8,12,17H,1-3H3,(H2,28,31)(H,29,30,32)/t8-,12-,17-,20+/m0/s1. The Morgan fingerprint density at radius 2 is 1.82 bits per heavy atom. The van der Waals surface area contributed by atoms with E-state index in [-0.39, 0.29) is 5.56 Å². The topological polar surface area (TPSA) is 104 Å². The number of nitrogens with zero attached hydrogens (tertiary/aromatic N) is 1. The minimum absolute atomic E-state index is 0.255. The van der Waals surface area contributed by atoms with Crippen molar-refractivity contribution in [1.82, 2.24) is 4.98 Å². The van der Waals surface area contributed by atoms with Crippen LogP contribution in [0.4, 0.5) is 32.0 Å². The zero-order chi connectivity index (χ0) is 25.6. The third-order valence-electron chi connectivity index (χ3n) is 5.95. The number of benzene rings is 1.